The third kappa shape index (κ3) is 3.09. The lowest BCUT2D eigenvalue weighted by Gasteiger charge is -2.15. The fraction of sp³-hybridized carbons (Fsp3) is 0.273. The van der Waals surface area contributed by atoms with E-state index in [0.29, 0.717) is 11.3 Å². The van der Waals surface area contributed by atoms with Crippen LogP contribution in [-0.2, 0) is 4.79 Å². The smallest absolute Gasteiger partial charge is 0.159 e. The molecule has 1 atom stereocenters. The molecule has 15 heavy (non-hydrogen) atoms. The van der Waals surface area contributed by atoms with Crippen LogP contribution in [0.4, 0.5) is 0 Å². The third-order valence-electron chi connectivity index (χ3n) is 1.91. The van der Waals surface area contributed by atoms with Gasteiger partial charge in [-0.05, 0) is 38.1 Å². The molecule has 0 aliphatic heterocycles. The number of carboxylic acids is 1. The summed E-state index contributed by atoms with van der Waals surface area (Å²) in [6.45, 7) is 2.84. The Balaban J connectivity index is 2.72. The maximum Gasteiger partial charge on any atom is 0.159 e. The van der Waals surface area contributed by atoms with Crippen LogP contribution in [0, 0.1) is 0 Å². The third-order valence-corrected chi connectivity index (χ3v) is 1.91. The molecule has 4 nitrogen and oxygen atoms in total. The Hall–Kier alpha value is -1.84. The van der Waals surface area contributed by atoms with Gasteiger partial charge in [-0.25, -0.2) is 0 Å². The van der Waals surface area contributed by atoms with Crippen molar-refractivity contribution in [3.8, 4) is 5.75 Å². The minimum atomic E-state index is -1.27. The zero-order valence-electron chi connectivity index (χ0n) is 8.52. The van der Waals surface area contributed by atoms with Gasteiger partial charge < -0.3 is 14.6 Å². The zero-order valence-corrected chi connectivity index (χ0v) is 8.52. The molecule has 0 N–H and O–H groups in total. The van der Waals surface area contributed by atoms with E-state index in [2.05, 4.69) is 0 Å². The average molecular weight is 207 g/mol. The highest BCUT2D eigenvalue weighted by atomic mass is 16.5. The van der Waals surface area contributed by atoms with Crippen LogP contribution < -0.4 is 9.84 Å². The van der Waals surface area contributed by atoms with Gasteiger partial charge in [-0.15, -0.1) is 0 Å². The fourth-order valence-electron chi connectivity index (χ4n) is 1.02. The zero-order chi connectivity index (χ0) is 11.4. The summed E-state index contributed by atoms with van der Waals surface area (Å²) in [5.74, 6) is -0.920. The quantitative estimate of drug-likeness (QED) is 0.670. The van der Waals surface area contributed by atoms with E-state index in [9.17, 15) is 14.7 Å². The Morgan fingerprint density at radius 1 is 1.27 bits per heavy atom. The molecule has 0 bridgehead atoms. The summed E-state index contributed by atoms with van der Waals surface area (Å²) in [5, 5.41) is 10.4. The largest absolute Gasteiger partial charge is 0.546 e. The standard InChI is InChI=1S/C11H12O4/c1-7(12)9-3-5-10(6-4-9)15-8(2)11(13)14/h3-6,8H,1-2H3,(H,13,14)/p-1/t8-/m1/s1. The Kier molecular flexibility index (Phi) is 3.44. The van der Waals surface area contributed by atoms with Gasteiger partial charge in [0, 0.05) is 5.56 Å². The molecule has 0 spiro atoms. The molecule has 0 aromatic heterocycles. The predicted molar refractivity (Wildman–Crippen MR) is 51.5 cm³/mol. The molecule has 0 amide bonds. The van der Waals surface area contributed by atoms with Crippen molar-refractivity contribution in [3.63, 3.8) is 0 Å². The number of hydrogen-bond donors (Lipinski definition) is 0. The lowest BCUT2D eigenvalue weighted by molar-refractivity contribution is -0.312. The second-order valence-electron chi connectivity index (χ2n) is 3.16. The van der Waals surface area contributed by atoms with Gasteiger partial charge in [0.05, 0.1) is 5.97 Å². The van der Waals surface area contributed by atoms with E-state index >= 15 is 0 Å². The number of carbonyl (C=O) groups is 2. The number of hydrogen-bond acceptors (Lipinski definition) is 4. The normalized spacial score (nSPS) is 11.9. The van der Waals surface area contributed by atoms with Gasteiger partial charge in [0.25, 0.3) is 0 Å². The second kappa shape index (κ2) is 4.59. The number of benzene rings is 1. The molecule has 1 rings (SSSR count). The lowest BCUT2D eigenvalue weighted by atomic mass is 10.1. The molecule has 0 unspecified atom stereocenters. The monoisotopic (exact) mass is 207 g/mol. The summed E-state index contributed by atoms with van der Waals surface area (Å²) in [6, 6.07) is 6.27. The molecule has 1 aromatic carbocycles. The van der Waals surface area contributed by atoms with Crippen molar-refractivity contribution in [1.82, 2.24) is 0 Å². The first-order chi connectivity index (χ1) is 7.00. The van der Waals surface area contributed by atoms with Gasteiger partial charge >= 0.3 is 0 Å². The van der Waals surface area contributed by atoms with Crippen molar-refractivity contribution in [2.24, 2.45) is 0 Å². The van der Waals surface area contributed by atoms with Crippen LogP contribution in [0.1, 0.15) is 24.2 Å². The van der Waals surface area contributed by atoms with E-state index < -0.39 is 12.1 Å². The first-order valence-corrected chi connectivity index (χ1v) is 4.49. The number of ether oxygens (including phenoxy) is 1. The number of rotatable bonds is 4. The maximum absolute atomic E-state index is 10.9. The van der Waals surface area contributed by atoms with E-state index in [1.165, 1.54) is 13.8 Å². The predicted octanol–water partition coefficient (Wildman–Crippen LogP) is 0.406. The molecule has 0 saturated carbocycles. The molecule has 0 fully saturated rings. The molecular weight excluding hydrogens is 196 g/mol. The van der Waals surface area contributed by atoms with E-state index in [1.807, 2.05) is 0 Å². The van der Waals surface area contributed by atoms with Crippen LogP contribution in [0.25, 0.3) is 0 Å². The van der Waals surface area contributed by atoms with Gasteiger partial charge in [-0.3, -0.25) is 4.79 Å². The van der Waals surface area contributed by atoms with Crippen LogP contribution in [0.3, 0.4) is 0 Å². The van der Waals surface area contributed by atoms with Crippen LogP contribution in [0.5, 0.6) is 5.75 Å². The van der Waals surface area contributed by atoms with Crippen LogP contribution in [0.15, 0.2) is 24.3 Å². The van der Waals surface area contributed by atoms with Gasteiger partial charge in [0.1, 0.15) is 11.9 Å². The molecule has 0 heterocycles. The Bertz CT molecular complexity index is 367. The summed E-state index contributed by atoms with van der Waals surface area (Å²) in [4.78, 5) is 21.3. The number of carboxylic acid groups (broad SMARTS) is 1. The van der Waals surface area contributed by atoms with Crippen molar-refractivity contribution in [2.45, 2.75) is 20.0 Å². The van der Waals surface area contributed by atoms with Gasteiger partial charge in [-0.1, -0.05) is 0 Å². The summed E-state index contributed by atoms with van der Waals surface area (Å²) in [6.07, 6.45) is -1.01. The number of carbonyl (C=O) groups excluding carboxylic acids is 2. The van der Waals surface area contributed by atoms with E-state index in [1.54, 1.807) is 24.3 Å². The summed E-state index contributed by atoms with van der Waals surface area (Å²) < 4.78 is 5.04. The first-order valence-electron chi connectivity index (χ1n) is 4.49. The first kappa shape index (κ1) is 11.2. The topological polar surface area (TPSA) is 66.4 Å². The summed E-state index contributed by atoms with van der Waals surface area (Å²) >= 11 is 0. The highest BCUT2D eigenvalue weighted by Crippen LogP contribution is 2.13. The Morgan fingerprint density at radius 2 is 1.80 bits per heavy atom. The van der Waals surface area contributed by atoms with Crippen molar-refractivity contribution in [3.05, 3.63) is 29.8 Å². The van der Waals surface area contributed by atoms with Crippen molar-refractivity contribution in [1.29, 1.82) is 0 Å². The Morgan fingerprint density at radius 3 is 2.20 bits per heavy atom. The van der Waals surface area contributed by atoms with Crippen LogP contribution in [-0.4, -0.2) is 17.9 Å². The SMILES string of the molecule is CC(=O)c1ccc(O[C@H](C)C(=O)[O-])cc1. The Labute approximate surface area is 87.5 Å². The second-order valence-corrected chi connectivity index (χ2v) is 3.16. The maximum atomic E-state index is 10.9. The summed E-state index contributed by atoms with van der Waals surface area (Å²) in [5.41, 5.74) is 0.559. The fourth-order valence-corrected chi connectivity index (χ4v) is 1.02. The number of aliphatic carboxylic acids is 1. The highest BCUT2D eigenvalue weighted by molar-refractivity contribution is 5.94. The van der Waals surface area contributed by atoms with E-state index in [0.717, 1.165) is 0 Å². The minimum absolute atomic E-state index is 0.0468. The molecule has 80 valence electrons. The number of ketones is 1. The molecule has 0 radical (unpaired) electrons. The van der Waals surface area contributed by atoms with Crippen molar-refractivity contribution < 1.29 is 19.4 Å². The molecule has 1 aromatic rings. The van der Waals surface area contributed by atoms with Crippen LogP contribution >= 0.6 is 0 Å². The molecular formula is C11H11O4-. The molecule has 0 saturated heterocycles. The van der Waals surface area contributed by atoms with E-state index in [4.69, 9.17) is 4.74 Å². The van der Waals surface area contributed by atoms with E-state index in [-0.39, 0.29) is 5.78 Å². The summed E-state index contributed by atoms with van der Waals surface area (Å²) in [7, 11) is 0. The van der Waals surface area contributed by atoms with Crippen molar-refractivity contribution in [2.75, 3.05) is 0 Å². The molecule has 4 heteroatoms. The average Bonchev–Trinajstić information content (AvgIpc) is 2.18. The van der Waals surface area contributed by atoms with Gasteiger partial charge in [0.2, 0.25) is 0 Å². The van der Waals surface area contributed by atoms with Crippen molar-refractivity contribution >= 4 is 11.8 Å². The molecule has 0 aliphatic rings. The minimum Gasteiger partial charge on any atom is -0.546 e. The highest BCUT2D eigenvalue weighted by Gasteiger charge is 2.05. The van der Waals surface area contributed by atoms with Gasteiger partial charge in [-0.2, -0.15) is 0 Å². The van der Waals surface area contributed by atoms with Crippen LogP contribution in [0.2, 0.25) is 0 Å². The van der Waals surface area contributed by atoms with Gasteiger partial charge in [0.15, 0.2) is 5.78 Å². The molecule has 0 aliphatic carbocycles. The lowest BCUT2D eigenvalue weighted by Crippen LogP contribution is -2.37. The number of Topliss-reactive ketones (excluding diaryl/α,β-unsaturated/α-hetero) is 1.